The molecule has 0 saturated carbocycles. The third-order valence-electron chi connectivity index (χ3n) is 3.92. The number of hydrogen-bond donors (Lipinski definition) is 1. The fraction of sp³-hybridized carbons (Fsp3) is 0.647. The van der Waals surface area contributed by atoms with Crippen molar-refractivity contribution < 1.29 is 0 Å². The average molecular weight is 341 g/mol. The van der Waals surface area contributed by atoms with Crippen molar-refractivity contribution >= 4 is 21.6 Å². The van der Waals surface area contributed by atoms with Crippen molar-refractivity contribution in [2.75, 3.05) is 24.5 Å². The van der Waals surface area contributed by atoms with Gasteiger partial charge in [-0.2, -0.15) is 0 Å². The van der Waals surface area contributed by atoms with Gasteiger partial charge in [0.25, 0.3) is 0 Å². The van der Waals surface area contributed by atoms with Crippen LogP contribution in [0, 0.1) is 5.92 Å². The Kier molecular flexibility index (Phi) is 7.60. The Morgan fingerprint density at radius 1 is 1.20 bits per heavy atom. The van der Waals surface area contributed by atoms with E-state index in [2.05, 4.69) is 79.0 Å². The van der Waals surface area contributed by atoms with E-state index < -0.39 is 0 Å². The maximum absolute atomic E-state index is 3.62. The molecule has 1 aromatic rings. The van der Waals surface area contributed by atoms with Crippen LogP contribution in [0.4, 0.5) is 5.69 Å². The van der Waals surface area contributed by atoms with E-state index in [1.807, 2.05) is 0 Å². The summed E-state index contributed by atoms with van der Waals surface area (Å²) < 4.78 is 1.16. The first-order chi connectivity index (χ1) is 9.53. The molecule has 114 valence electrons. The monoisotopic (exact) mass is 340 g/mol. The third kappa shape index (κ3) is 4.78. The fourth-order valence-corrected chi connectivity index (χ4v) is 2.83. The van der Waals surface area contributed by atoms with Gasteiger partial charge in [-0.05, 0) is 44.0 Å². The van der Waals surface area contributed by atoms with Crippen molar-refractivity contribution in [2.24, 2.45) is 5.92 Å². The minimum Gasteiger partial charge on any atom is -0.371 e. The molecule has 1 N–H and O–H groups in total. The Hall–Kier alpha value is -0.540. The first-order valence-electron chi connectivity index (χ1n) is 7.81. The highest BCUT2D eigenvalue weighted by Gasteiger charge is 2.16. The van der Waals surface area contributed by atoms with E-state index in [0.29, 0.717) is 6.04 Å². The number of halogens is 1. The molecular formula is C17H29BrN2. The lowest BCUT2D eigenvalue weighted by Gasteiger charge is -2.30. The molecule has 1 rings (SSSR count). The van der Waals surface area contributed by atoms with Gasteiger partial charge in [-0.1, -0.05) is 49.2 Å². The Balaban J connectivity index is 3.08. The predicted molar refractivity (Wildman–Crippen MR) is 93.6 cm³/mol. The Bertz CT molecular complexity index is 406. The van der Waals surface area contributed by atoms with Crippen LogP contribution in [0.3, 0.4) is 0 Å². The zero-order valence-electron chi connectivity index (χ0n) is 13.5. The maximum Gasteiger partial charge on any atom is 0.0425 e. The molecule has 3 heteroatoms. The number of rotatable bonds is 8. The molecule has 0 amide bonds. The molecule has 2 nitrogen and oxygen atoms in total. The van der Waals surface area contributed by atoms with Crippen LogP contribution in [0.2, 0.25) is 0 Å². The van der Waals surface area contributed by atoms with Crippen LogP contribution in [0.1, 0.15) is 52.6 Å². The Morgan fingerprint density at radius 2 is 1.90 bits per heavy atom. The molecule has 0 fully saturated rings. The van der Waals surface area contributed by atoms with Crippen LogP contribution in [0.5, 0.6) is 0 Å². The number of benzene rings is 1. The highest BCUT2D eigenvalue weighted by atomic mass is 79.9. The molecule has 0 spiro atoms. The van der Waals surface area contributed by atoms with Gasteiger partial charge in [-0.3, -0.25) is 0 Å². The lowest BCUT2D eigenvalue weighted by molar-refractivity contribution is 0.542. The quantitative estimate of drug-likeness (QED) is 0.716. The fourth-order valence-electron chi connectivity index (χ4n) is 2.48. The van der Waals surface area contributed by atoms with E-state index in [9.17, 15) is 0 Å². The van der Waals surface area contributed by atoms with Crippen molar-refractivity contribution in [3.8, 4) is 0 Å². The average Bonchev–Trinajstić information content (AvgIpc) is 2.44. The smallest absolute Gasteiger partial charge is 0.0425 e. The van der Waals surface area contributed by atoms with Gasteiger partial charge >= 0.3 is 0 Å². The van der Waals surface area contributed by atoms with E-state index in [0.717, 1.165) is 30.0 Å². The minimum atomic E-state index is 0.383. The van der Waals surface area contributed by atoms with E-state index in [-0.39, 0.29) is 0 Å². The minimum absolute atomic E-state index is 0.383. The molecule has 0 aliphatic carbocycles. The summed E-state index contributed by atoms with van der Waals surface area (Å²) in [6, 6.07) is 7.03. The molecule has 2 unspecified atom stereocenters. The van der Waals surface area contributed by atoms with E-state index in [1.165, 1.54) is 17.7 Å². The summed E-state index contributed by atoms with van der Waals surface area (Å²) in [7, 11) is 0. The maximum atomic E-state index is 3.62. The van der Waals surface area contributed by atoms with Crippen LogP contribution in [0.15, 0.2) is 22.7 Å². The highest BCUT2D eigenvalue weighted by Crippen LogP contribution is 2.30. The number of nitrogens with one attached hydrogen (secondary N) is 1. The molecule has 0 radical (unpaired) electrons. The lowest BCUT2D eigenvalue weighted by atomic mass is 10.0. The van der Waals surface area contributed by atoms with Gasteiger partial charge in [0, 0.05) is 29.3 Å². The Labute approximate surface area is 133 Å². The Morgan fingerprint density at radius 3 is 2.45 bits per heavy atom. The topological polar surface area (TPSA) is 15.3 Å². The summed E-state index contributed by atoms with van der Waals surface area (Å²) in [4.78, 5) is 2.50. The molecule has 1 aromatic carbocycles. The standard InChI is InChI=1S/C17H29BrN2/c1-6-13(4)12-20(8-3)17-11-15(18)9-10-16(17)14(5)19-7-2/h9-11,13-14,19H,6-8,12H2,1-5H3. The normalized spacial score (nSPS) is 14.1. The molecule has 20 heavy (non-hydrogen) atoms. The zero-order chi connectivity index (χ0) is 15.1. The lowest BCUT2D eigenvalue weighted by Crippen LogP contribution is -2.30. The van der Waals surface area contributed by atoms with Crippen molar-refractivity contribution in [2.45, 2.75) is 47.1 Å². The van der Waals surface area contributed by atoms with Gasteiger partial charge in [0.1, 0.15) is 0 Å². The van der Waals surface area contributed by atoms with Gasteiger partial charge in [0.15, 0.2) is 0 Å². The van der Waals surface area contributed by atoms with Crippen LogP contribution in [-0.2, 0) is 0 Å². The second-order valence-corrected chi connectivity index (χ2v) is 6.45. The summed E-state index contributed by atoms with van der Waals surface area (Å²) in [5, 5.41) is 3.53. The first-order valence-corrected chi connectivity index (χ1v) is 8.60. The van der Waals surface area contributed by atoms with Crippen molar-refractivity contribution in [1.82, 2.24) is 5.32 Å². The summed E-state index contributed by atoms with van der Waals surface area (Å²) in [6.45, 7) is 14.4. The highest BCUT2D eigenvalue weighted by molar-refractivity contribution is 9.10. The van der Waals surface area contributed by atoms with Crippen LogP contribution < -0.4 is 10.2 Å². The zero-order valence-corrected chi connectivity index (χ0v) is 15.1. The number of anilines is 1. The van der Waals surface area contributed by atoms with Crippen LogP contribution >= 0.6 is 15.9 Å². The largest absolute Gasteiger partial charge is 0.371 e. The number of nitrogens with zero attached hydrogens (tertiary/aromatic N) is 1. The second-order valence-electron chi connectivity index (χ2n) is 5.53. The molecule has 0 aromatic heterocycles. The van der Waals surface area contributed by atoms with Gasteiger partial charge in [-0.25, -0.2) is 0 Å². The summed E-state index contributed by atoms with van der Waals surface area (Å²) in [6.07, 6.45) is 1.22. The number of hydrogen-bond acceptors (Lipinski definition) is 2. The predicted octanol–water partition coefficient (Wildman–Crippen LogP) is 4.99. The molecule has 0 heterocycles. The second kappa shape index (κ2) is 8.68. The van der Waals surface area contributed by atoms with Crippen molar-refractivity contribution in [1.29, 1.82) is 0 Å². The first kappa shape index (κ1) is 17.5. The third-order valence-corrected chi connectivity index (χ3v) is 4.41. The van der Waals surface area contributed by atoms with Gasteiger partial charge in [0.05, 0.1) is 0 Å². The molecule has 0 bridgehead atoms. The van der Waals surface area contributed by atoms with Gasteiger partial charge in [-0.15, -0.1) is 0 Å². The van der Waals surface area contributed by atoms with Crippen LogP contribution in [0.25, 0.3) is 0 Å². The van der Waals surface area contributed by atoms with E-state index in [4.69, 9.17) is 0 Å². The van der Waals surface area contributed by atoms with E-state index >= 15 is 0 Å². The SMILES string of the molecule is CCNC(C)c1ccc(Br)cc1N(CC)CC(C)CC. The van der Waals surface area contributed by atoms with Crippen molar-refractivity contribution in [3.63, 3.8) is 0 Å². The summed E-state index contributed by atoms with van der Waals surface area (Å²) in [5.74, 6) is 0.719. The van der Waals surface area contributed by atoms with Gasteiger partial charge in [0.2, 0.25) is 0 Å². The van der Waals surface area contributed by atoms with Crippen molar-refractivity contribution in [3.05, 3.63) is 28.2 Å². The molecular weight excluding hydrogens is 312 g/mol. The van der Waals surface area contributed by atoms with E-state index in [1.54, 1.807) is 0 Å². The van der Waals surface area contributed by atoms with Crippen LogP contribution in [-0.4, -0.2) is 19.6 Å². The molecule has 0 saturated heterocycles. The molecule has 2 atom stereocenters. The summed E-state index contributed by atoms with van der Waals surface area (Å²) >= 11 is 3.62. The molecule has 0 aliphatic rings. The van der Waals surface area contributed by atoms with Gasteiger partial charge < -0.3 is 10.2 Å². The summed E-state index contributed by atoms with van der Waals surface area (Å²) in [5.41, 5.74) is 2.75. The molecule has 0 aliphatic heterocycles.